The first-order chi connectivity index (χ1) is 4.97. The summed E-state index contributed by atoms with van der Waals surface area (Å²) in [5.74, 6) is 0. The molecular formula is C8H8N2+2. The number of fused-ring (bicyclic) bond motifs is 1. The Kier molecular flexibility index (Phi) is 1.10. The van der Waals surface area contributed by atoms with Crippen LogP contribution >= 0.6 is 0 Å². The molecule has 2 rings (SSSR count). The first-order valence-corrected chi connectivity index (χ1v) is 3.11. The van der Waals surface area contributed by atoms with E-state index in [1.165, 1.54) is 0 Å². The minimum Gasteiger partial charge on any atom is -0.244 e. The van der Waals surface area contributed by atoms with Crippen LogP contribution in [0, 0.1) is 0 Å². The van der Waals surface area contributed by atoms with Gasteiger partial charge in [-0.2, -0.15) is 0 Å². The van der Waals surface area contributed by atoms with E-state index in [1.807, 2.05) is 30.5 Å². The normalized spacial score (nSPS) is 10.0. The highest BCUT2D eigenvalue weighted by Crippen LogP contribution is 2.06. The quantitative estimate of drug-likeness (QED) is 0.546. The molecule has 0 saturated carbocycles. The lowest BCUT2D eigenvalue weighted by molar-refractivity contribution is 1.22. The summed E-state index contributed by atoms with van der Waals surface area (Å²) >= 11 is 0. The highest BCUT2D eigenvalue weighted by atomic mass is 14.8. The summed E-state index contributed by atoms with van der Waals surface area (Å²) in [6.45, 7) is 0. The van der Waals surface area contributed by atoms with Crippen molar-refractivity contribution in [2.75, 3.05) is 0 Å². The molecule has 0 spiro atoms. The van der Waals surface area contributed by atoms with Crippen LogP contribution in [0.5, 0.6) is 0 Å². The second kappa shape index (κ2) is 2.06. The van der Waals surface area contributed by atoms with Gasteiger partial charge in [0.1, 0.15) is 6.33 Å². The van der Waals surface area contributed by atoms with E-state index < -0.39 is 0 Å². The standard InChI is InChI=1S/C8H6N2/c1-2-4-8-7(3-1)5-9-6-10-8/h1-6H/p+2. The summed E-state index contributed by atoms with van der Waals surface area (Å²) in [5.41, 5.74) is 0.998. The SMILES string of the molecule is [H+].[H+].c1ccc2ncncc2c1. The summed E-state index contributed by atoms with van der Waals surface area (Å²) in [6.07, 6.45) is 3.37. The highest BCUT2D eigenvalue weighted by molar-refractivity contribution is 5.76. The van der Waals surface area contributed by atoms with E-state index in [0.29, 0.717) is 0 Å². The molecule has 0 bridgehead atoms. The van der Waals surface area contributed by atoms with Crippen molar-refractivity contribution in [2.24, 2.45) is 0 Å². The van der Waals surface area contributed by atoms with Crippen LogP contribution in [0.1, 0.15) is 2.85 Å². The first-order valence-electron chi connectivity index (χ1n) is 3.11. The van der Waals surface area contributed by atoms with Crippen molar-refractivity contribution in [3.63, 3.8) is 0 Å². The minimum absolute atomic E-state index is 0. The second-order valence-electron chi connectivity index (χ2n) is 2.08. The van der Waals surface area contributed by atoms with Crippen molar-refractivity contribution in [3.8, 4) is 0 Å². The summed E-state index contributed by atoms with van der Waals surface area (Å²) in [7, 11) is 0. The Morgan fingerprint density at radius 2 is 2.10 bits per heavy atom. The topological polar surface area (TPSA) is 25.8 Å². The zero-order chi connectivity index (χ0) is 6.81. The molecular weight excluding hydrogens is 124 g/mol. The van der Waals surface area contributed by atoms with Gasteiger partial charge in [-0.3, -0.25) is 0 Å². The molecule has 2 nitrogen and oxygen atoms in total. The van der Waals surface area contributed by atoms with Crippen LogP contribution < -0.4 is 0 Å². The van der Waals surface area contributed by atoms with Crippen LogP contribution in [0.15, 0.2) is 36.8 Å². The summed E-state index contributed by atoms with van der Waals surface area (Å²) in [4.78, 5) is 7.97. The molecule has 0 aliphatic heterocycles. The molecule has 0 atom stereocenters. The Bertz CT molecular complexity index is 286. The average molecular weight is 132 g/mol. The summed E-state index contributed by atoms with van der Waals surface area (Å²) < 4.78 is 0. The van der Waals surface area contributed by atoms with E-state index in [9.17, 15) is 0 Å². The van der Waals surface area contributed by atoms with Gasteiger partial charge in [-0.15, -0.1) is 0 Å². The number of nitrogens with zero attached hydrogens (tertiary/aromatic N) is 2. The zero-order valence-corrected chi connectivity index (χ0v) is 5.36. The van der Waals surface area contributed by atoms with Gasteiger partial charge in [-0.05, 0) is 6.07 Å². The lowest BCUT2D eigenvalue weighted by atomic mass is 10.2. The molecule has 0 radical (unpaired) electrons. The maximum absolute atomic E-state index is 4.07. The van der Waals surface area contributed by atoms with Gasteiger partial charge in [0, 0.05) is 11.6 Å². The molecule has 0 aliphatic carbocycles. The van der Waals surface area contributed by atoms with Gasteiger partial charge in [0.15, 0.2) is 0 Å². The smallest absolute Gasteiger partial charge is 0.244 e. The average Bonchev–Trinajstić information content (AvgIpc) is 2.05. The van der Waals surface area contributed by atoms with Crippen LogP contribution in [0.25, 0.3) is 10.9 Å². The summed E-state index contributed by atoms with van der Waals surface area (Å²) in [5, 5.41) is 1.09. The monoisotopic (exact) mass is 132 g/mol. The van der Waals surface area contributed by atoms with Crippen molar-refractivity contribution in [1.82, 2.24) is 9.97 Å². The van der Waals surface area contributed by atoms with Gasteiger partial charge >= 0.3 is 2.85 Å². The van der Waals surface area contributed by atoms with Crippen molar-refractivity contribution >= 4 is 10.9 Å². The zero-order valence-electron chi connectivity index (χ0n) is 7.36. The first kappa shape index (κ1) is 5.35. The Labute approximate surface area is 61.5 Å². The van der Waals surface area contributed by atoms with Crippen molar-refractivity contribution in [3.05, 3.63) is 36.8 Å². The predicted molar refractivity (Wildman–Crippen MR) is 41.8 cm³/mol. The molecule has 0 amide bonds. The fourth-order valence-corrected chi connectivity index (χ4v) is 0.923. The molecule has 10 heavy (non-hydrogen) atoms. The van der Waals surface area contributed by atoms with Gasteiger partial charge in [0.2, 0.25) is 0 Å². The van der Waals surface area contributed by atoms with Crippen molar-refractivity contribution < 1.29 is 2.85 Å². The lowest BCUT2D eigenvalue weighted by Gasteiger charge is -1.90. The third-order valence-corrected chi connectivity index (χ3v) is 1.41. The van der Waals surface area contributed by atoms with E-state index >= 15 is 0 Å². The molecule has 1 aromatic heterocycles. The highest BCUT2D eigenvalue weighted by Gasteiger charge is 1.87. The fraction of sp³-hybridized carbons (Fsp3) is 0. The maximum Gasteiger partial charge on any atom is 1.00 e. The fourth-order valence-electron chi connectivity index (χ4n) is 0.923. The number of benzene rings is 1. The van der Waals surface area contributed by atoms with E-state index in [4.69, 9.17) is 0 Å². The third-order valence-electron chi connectivity index (χ3n) is 1.41. The molecule has 48 valence electrons. The van der Waals surface area contributed by atoms with E-state index in [0.717, 1.165) is 10.9 Å². The molecule has 0 saturated heterocycles. The van der Waals surface area contributed by atoms with Gasteiger partial charge in [0.05, 0.1) is 5.52 Å². The van der Waals surface area contributed by atoms with E-state index in [2.05, 4.69) is 9.97 Å². The predicted octanol–water partition coefficient (Wildman–Crippen LogP) is 1.85. The van der Waals surface area contributed by atoms with Crippen molar-refractivity contribution in [2.45, 2.75) is 0 Å². The third kappa shape index (κ3) is 0.739. The van der Waals surface area contributed by atoms with Crippen LogP contribution in [0.2, 0.25) is 0 Å². The Morgan fingerprint density at radius 1 is 1.20 bits per heavy atom. The van der Waals surface area contributed by atoms with Crippen molar-refractivity contribution in [1.29, 1.82) is 0 Å². The molecule has 1 aromatic carbocycles. The molecule has 2 aromatic rings. The lowest BCUT2D eigenvalue weighted by Crippen LogP contribution is -1.77. The van der Waals surface area contributed by atoms with Crippen LogP contribution in [0.4, 0.5) is 0 Å². The van der Waals surface area contributed by atoms with Gasteiger partial charge in [-0.1, -0.05) is 18.2 Å². The molecule has 0 unspecified atom stereocenters. The Morgan fingerprint density at radius 3 is 3.00 bits per heavy atom. The van der Waals surface area contributed by atoms with Crippen LogP contribution in [0.3, 0.4) is 0 Å². The van der Waals surface area contributed by atoms with Gasteiger partial charge < -0.3 is 0 Å². The van der Waals surface area contributed by atoms with E-state index in [-0.39, 0.29) is 2.85 Å². The number of aromatic nitrogens is 2. The Balaban J connectivity index is 0.000000605. The maximum atomic E-state index is 4.07. The van der Waals surface area contributed by atoms with Gasteiger partial charge in [-0.25, -0.2) is 9.97 Å². The van der Waals surface area contributed by atoms with Crippen LogP contribution in [-0.4, -0.2) is 9.97 Å². The largest absolute Gasteiger partial charge is 1.00 e. The second-order valence-corrected chi connectivity index (χ2v) is 2.08. The minimum atomic E-state index is 0. The van der Waals surface area contributed by atoms with Crippen LogP contribution in [-0.2, 0) is 0 Å². The number of para-hydroxylation sites is 1. The van der Waals surface area contributed by atoms with E-state index in [1.54, 1.807) is 6.33 Å². The molecule has 0 N–H and O–H groups in total. The number of hydrogen-bond donors (Lipinski definition) is 0. The number of hydrogen-bond acceptors (Lipinski definition) is 2. The van der Waals surface area contributed by atoms with Gasteiger partial charge in [0.25, 0.3) is 0 Å². The Hall–Kier alpha value is -1.44. The number of rotatable bonds is 0. The molecule has 0 aliphatic rings. The summed E-state index contributed by atoms with van der Waals surface area (Å²) in [6, 6.07) is 7.91. The molecule has 2 heteroatoms. The molecule has 0 fully saturated rings. The molecule has 1 heterocycles.